The van der Waals surface area contributed by atoms with Crippen molar-refractivity contribution in [2.75, 3.05) is 31.9 Å². The number of halogens is 1. The van der Waals surface area contributed by atoms with Crippen LogP contribution in [-0.2, 0) is 20.0 Å². The van der Waals surface area contributed by atoms with Gasteiger partial charge in [0, 0.05) is 26.2 Å². The Balaban J connectivity index is 2.13. The molecule has 0 radical (unpaired) electrons. The number of hydrogen-bond acceptors (Lipinski definition) is 4. The maximum atomic E-state index is 12.6. The zero-order valence-electron chi connectivity index (χ0n) is 12.3. The molecule has 1 aromatic rings. The summed E-state index contributed by atoms with van der Waals surface area (Å²) in [6.07, 6.45) is 0.542. The van der Waals surface area contributed by atoms with E-state index in [2.05, 4.69) is 0 Å². The molecule has 0 saturated carbocycles. The maximum absolute atomic E-state index is 12.6. The molecule has 0 atom stereocenters. The molecule has 0 spiro atoms. The Morgan fingerprint density at radius 2 is 1.55 bits per heavy atom. The van der Waals surface area contributed by atoms with E-state index in [1.165, 1.54) is 20.7 Å². The third kappa shape index (κ3) is 3.62. The molecule has 1 saturated heterocycles. The largest absolute Gasteiger partial charge is 0.244 e. The van der Waals surface area contributed by atoms with Crippen molar-refractivity contribution in [2.24, 2.45) is 0 Å². The van der Waals surface area contributed by atoms with Crippen molar-refractivity contribution in [3.05, 3.63) is 29.3 Å². The first kappa shape index (κ1) is 17.7. The van der Waals surface area contributed by atoms with Crippen LogP contribution in [0.5, 0.6) is 0 Å². The van der Waals surface area contributed by atoms with Crippen LogP contribution in [0.2, 0.25) is 5.02 Å². The fraction of sp³-hybridized carbons (Fsp3) is 0.538. The Labute approximate surface area is 136 Å². The lowest BCUT2D eigenvalue weighted by Crippen LogP contribution is -2.50. The van der Waals surface area contributed by atoms with Crippen LogP contribution in [0.4, 0.5) is 0 Å². The Morgan fingerprint density at radius 3 is 2.09 bits per heavy atom. The van der Waals surface area contributed by atoms with E-state index in [0.29, 0.717) is 6.42 Å². The van der Waals surface area contributed by atoms with Crippen LogP contribution in [-0.4, -0.2) is 57.4 Å². The molecule has 0 unspecified atom stereocenters. The second-order valence-electron chi connectivity index (χ2n) is 5.05. The second kappa shape index (κ2) is 6.84. The molecule has 0 aromatic heterocycles. The summed E-state index contributed by atoms with van der Waals surface area (Å²) in [5.41, 5.74) is 0. The van der Waals surface area contributed by atoms with Crippen LogP contribution in [0.15, 0.2) is 29.2 Å². The van der Waals surface area contributed by atoms with Crippen molar-refractivity contribution in [3.63, 3.8) is 0 Å². The summed E-state index contributed by atoms with van der Waals surface area (Å²) >= 11 is 5.96. The lowest BCUT2D eigenvalue weighted by Gasteiger charge is -2.33. The highest BCUT2D eigenvalue weighted by Crippen LogP contribution is 2.25. The van der Waals surface area contributed by atoms with Gasteiger partial charge in [0.15, 0.2) is 0 Å². The summed E-state index contributed by atoms with van der Waals surface area (Å²) in [4.78, 5) is 0.0570. The summed E-state index contributed by atoms with van der Waals surface area (Å²) in [6.45, 7) is 2.42. The molecule has 1 fully saturated rings. The fourth-order valence-corrected chi connectivity index (χ4v) is 5.78. The standard InChI is InChI=1S/C13H19ClN2O4S2/c1-2-11-21(17,18)15-7-9-16(10-8-15)22(19,20)13-6-4-3-5-12(13)14/h3-6H,2,7-11H2,1H3. The Bertz CT molecular complexity index is 726. The van der Waals surface area contributed by atoms with Crippen LogP contribution in [0.1, 0.15) is 13.3 Å². The van der Waals surface area contributed by atoms with E-state index in [-0.39, 0.29) is 41.8 Å². The molecule has 1 aliphatic heterocycles. The lowest BCUT2D eigenvalue weighted by molar-refractivity contribution is 0.273. The first-order chi connectivity index (χ1) is 10.3. The average Bonchev–Trinajstić information content (AvgIpc) is 2.47. The zero-order chi connectivity index (χ0) is 16.4. The fourth-order valence-electron chi connectivity index (χ4n) is 2.37. The highest BCUT2D eigenvalue weighted by Gasteiger charge is 2.33. The minimum atomic E-state index is -3.69. The summed E-state index contributed by atoms with van der Waals surface area (Å²) in [7, 11) is -6.98. The average molecular weight is 367 g/mol. The van der Waals surface area contributed by atoms with Crippen molar-refractivity contribution < 1.29 is 16.8 Å². The molecule has 124 valence electrons. The predicted octanol–water partition coefficient (Wildman–Crippen LogP) is 1.39. The number of hydrogen-bond donors (Lipinski definition) is 0. The third-order valence-electron chi connectivity index (χ3n) is 3.51. The van der Waals surface area contributed by atoms with E-state index in [1.54, 1.807) is 19.1 Å². The highest BCUT2D eigenvalue weighted by molar-refractivity contribution is 7.89. The van der Waals surface area contributed by atoms with Gasteiger partial charge in [-0.3, -0.25) is 0 Å². The van der Waals surface area contributed by atoms with E-state index in [9.17, 15) is 16.8 Å². The van der Waals surface area contributed by atoms with Crippen molar-refractivity contribution in [1.29, 1.82) is 0 Å². The first-order valence-corrected chi connectivity index (χ1v) is 10.4. The molecule has 0 amide bonds. The van der Waals surface area contributed by atoms with E-state index >= 15 is 0 Å². The van der Waals surface area contributed by atoms with Gasteiger partial charge in [0.25, 0.3) is 0 Å². The number of benzene rings is 1. The smallest absolute Gasteiger partial charge is 0.212 e. The number of rotatable bonds is 5. The van der Waals surface area contributed by atoms with Gasteiger partial charge in [-0.05, 0) is 18.6 Å². The molecule has 1 aliphatic rings. The lowest BCUT2D eigenvalue weighted by atomic mass is 10.4. The number of piperazine rings is 1. The number of sulfonamides is 2. The summed E-state index contributed by atoms with van der Waals surface area (Å²) < 4.78 is 51.8. The van der Waals surface area contributed by atoms with E-state index in [1.807, 2.05) is 0 Å². The molecule has 1 heterocycles. The van der Waals surface area contributed by atoms with Gasteiger partial charge in [-0.25, -0.2) is 16.8 Å². The van der Waals surface area contributed by atoms with Crippen molar-refractivity contribution >= 4 is 31.6 Å². The molecule has 1 aromatic carbocycles. The Morgan fingerprint density at radius 1 is 1.00 bits per heavy atom. The van der Waals surface area contributed by atoms with Gasteiger partial charge >= 0.3 is 0 Å². The van der Waals surface area contributed by atoms with Gasteiger partial charge in [-0.15, -0.1) is 0 Å². The molecular weight excluding hydrogens is 348 g/mol. The Kier molecular flexibility index (Phi) is 5.50. The van der Waals surface area contributed by atoms with Gasteiger partial charge in [0.2, 0.25) is 20.0 Å². The minimum Gasteiger partial charge on any atom is -0.212 e. The quantitative estimate of drug-likeness (QED) is 0.789. The SMILES string of the molecule is CCCS(=O)(=O)N1CCN(S(=O)(=O)c2ccccc2Cl)CC1. The van der Waals surface area contributed by atoms with Crippen molar-refractivity contribution in [1.82, 2.24) is 8.61 Å². The van der Waals surface area contributed by atoms with E-state index < -0.39 is 20.0 Å². The normalized spacial score (nSPS) is 18.5. The summed E-state index contributed by atoms with van der Waals surface area (Å²) in [6, 6.07) is 6.26. The Hall–Kier alpha value is -0.670. The van der Waals surface area contributed by atoms with Gasteiger partial charge < -0.3 is 0 Å². The van der Waals surface area contributed by atoms with Gasteiger partial charge in [0.1, 0.15) is 4.90 Å². The molecule has 6 nitrogen and oxygen atoms in total. The van der Waals surface area contributed by atoms with Crippen molar-refractivity contribution in [3.8, 4) is 0 Å². The topological polar surface area (TPSA) is 74.8 Å². The third-order valence-corrected chi connectivity index (χ3v) is 7.98. The van der Waals surface area contributed by atoms with Crippen LogP contribution in [0.25, 0.3) is 0 Å². The summed E-state index contributed by atoms with van der Waals surface area (Å²) in [5, 5.41) is 0.170. The van der Waals surface area contributed by atoms with Crippen LogP contribution >= 0.6 is 11.6 Å². The highest BCUT2D eigenvalue weighted by atomic mass is 35.5. The molecule has 0 N–H and O–H groups in total. The van der Waals surface area contributed by atoms with Crippen molar-refractivity contribution in [2.45, 2.75) is 18.2 Å². The van der Waals surface area contributed by atoms with Gasteiger partial charge in [0.05, 0.1) is 10.8 Å². The molecular formula is C13H19ClN2O4S2. The van der Waals surface area contributed by atoms with Crippen LogP contribution in [0, 0.1) is 0 Å². The van der Waals surface area contributed by atoms with E-state index in [4.69, 9.17) is 11.6 Å². The van der Waals surface area contributed by atoms with Crippen LogP contribution in [0.3, 0.4) is 0 Å². The minimum absolute atomic E-state index is 0.0570. The maximum Gasteiger partial charge on any atom is 0.244 e. The predicted molar refractivity (Wildman–Crippen MR) is 85.9 cm³/mol. The first-order valence-electron chi connectivity index (χ1n) is 7.01. The second-order valence-corrected chi connectivity index (χ2v) is 9.45. The van der Waals surface area contributed by atoms with Gasteiger partial charge in [-0.1, -0.05) is 30.7 Å². The molecule has 9 heteroatoms. The van der Waals surface area contributed by atoms with Crippen LogP contribution < -0.4 is 0 Å². The number of nitrogens with zero attached hydrogens (tertiary/aromatic N) is 2. The molecule has 0 bridgehead atoms. The van der Waals surface area contributed by atoms with Gasteiger partial charge in [-0.2, -0.15) is 8.61 Å². The zero-order valence-corrected chi connectivity index (χ0v) is 14.7. The molecule has 22 heavy (non-hydrogen) atoms. The summed E-state index contributed by atoms with van der Waals surface area (Å²) in [5.74, 6) is 0.0876. The van der Waals surface area contributed by atoms with E-state index in [0.717, 1.165) is 0 Å². The molecule has 0 aliphatic carbocycles. The monoisotopic (exact) mass is 366 g/mol. The molecule has 2 rings (SSSR count).